The lowest BCUT2D eigenvalue weighted by molar-refractivity contribution is 0.238. The van der Waals surface area contributed by atoms with Crippen LogP contribution in [0.5, 0.6) is 17.4 Å². The fourth-order valence-electron chi connectivity index (χ4n) is 4.66. The molecule has 2 aliphatic heterocycles. The first-order chi connectivity index (χ1) is 16.7. The third kappa shape index (κ3) is 4.97. The van der Waals surface area contributed by atoms with E-state index in [1.807, 2.05) is 42.5 Å². The molecule has 0 amide bonds. The molecule has 0 N–H and O–H groups in total. The Morgan fingerprint density at radius 1 is 0.971 bits per heavy atom. The summed E-state index contributed by atoms with van der Waals surface area (Å²) in [5, 5.41) is 9.24. The van der Waals surface area contributed by atoms with E-state index in [4.69, 9.17) is 19.4 Å². The molecule has 1 aromatic heterocycles. The molecule has 0 radical (unpaired) electrons. The first kappa shape index (κ1) is 22.2. The van der Waals surface area contributed by atoms with Gasteiger partial charge in [0, 0.05) is 45.2 Å². The highest BCUT2D eigenvalue weighted by Gasteiger charge is 2.26. The van der Waals surface area contributed by atoms with Gasteiger partial charge in [0.25, 0.3) is 0 Å². The number of piperidine rings is 1. The number of hydrogen-bond donors (Lipinski definition) is 0. The van der Waals surface area contributed by atoms with Gasteiger partial charge < -0.3 is 14.4 Å². The molecular formula is C27H29N5O2. The zero-order chi connectivity index (χ0) is 23.3. The molecule has 1 saturated heterocycles. The van der Waals surface area contributed by atoms with Crippen LogP contribution in [0.25, 0.3) is 0 Å². The van der Waals surface area contributed by atoms with Crippen LogP contribution < -0.4 is 14.4 Å². The Bertz CT molecular complexity index is 1200. The molecule has 0 aliphatic carbocycles. The van der Waals surface area contributed by atoms with Crippen molar-refractivity contribution in [1.29, 1.82) is 5.26 Å². The Morgan fingerprint density at radius 2 is 1.79 bits per heavy atom. The number of nitrogens with zero attached hydrogens (tertiary/aromatic N) is 5. The van der Waals surface area contributed by atoms with Crippen molar-refractivity contribution >= 4 is 5.95 Å². The first-order valence-electron chi connectivity index (χ1n) is 11.9. The summed E-state index contributed by atoms with van der Waals surface area (Å²) in [7, 11) is 1.65. The monoisotopic (exact) mass is 455 g/mol. The molecule has 0 spiro atoms. The van der Waals surface area contributed by atoms with E-state index in [1.165, 1.54) is 19.3 Å². The Kier molecular flexibility index (Phi) is 6.59. The van der Waals surface area contributed by atoms with Crippen LogP contribution >= 0.6 is 0 Å². The van der Waals surface area contributed by atoms with E-state index in [0.717, 1.165) is 61.1 Å². The fourth-order valence-corrected chi connectivity index (χ4v) is 4.66. The Labute approximate surface area is 200 Å². The maximum Gasteiger partial charge on any atom is 0.228 e. The molecule has 7 heteroatoms. The highest BCUT2D eigenvalue weighted by Crippen LogP contribution is 2.33. The first-order valence-corrected chi connectivity index (χ1v) is 11.9. The van der Waals surface area contributed by atoms with Crippen molar-refractivity contribution in [3.8, 4) is 23.4 Å². The van der Waals surface area contributed by atoms with Crippen molar-refractivity contribution in [2.24, 2.45) is 0 Å². The third-order valence-corrected chi connectivity index (χ3v) is 6.45. The molecule has 7 nitrogen and oxygen atoms in total. The summed E-state index contributed by atoms with van der Waals surface area (Å²) in [4.78, 5) is 14.5. The van der Waals surface area contributed by atoms with E-state index in [9.17, 15) is 5.26 Å². The SMILES string of the molecule is COc1cccc(Oc2nc(N3CCCCC3)nc3c2CN(Cc2cccc(C#N)c2)CC3)c1. The molecular weight excluding hydrogens is 426 g/mol. The minimum Gasteiger partial charge on any atom is -0.497 e. The molecule has 34 heavy (non-hydrogen) atoms. The third-order valence-electron chi connectivity index (χ3n) is 6.45. The molecule has 3 aromatic rings. The molecule has 5 rings (SSSR count). The molecule has 0 unspecified atom stereocenters. The van der Waals surface area contributed by atoms with Crippen LogP contribution in [-0.4, -0.2) is 41.6 Å². The summed E-state index contributed by atoms with van der Waals surface area (Å²) in [5.74, 6) is 2.83. The van der Waals surface area contributed by atoms with Crippen molar-refractivity contribution < 1.29 is 9.47 Å². The quantitative estimate of drug-likeness (QED) is 0.533. The van der Waals surface area contributed by atoms with Gasteiger partial charge in [-0.2, -0.15) is 10.2 Å². The number of hydrogen-bond acceptors (Lipinski definition) is 7. The summed E-state index contributed by atoms with van der Waals surface area (Å²) in [6.07, 6.45) is 4.44. The average Bonchev–Trinajstić information content (AvgIpc) is 2.89. The van der Waals surface area contributed by atoms with Crippen molar-refractivity contribution in [3.63, 3.8) is 0 Å². The molecule has 0 atom stereocenters. The molecule has 174 valence electrons. The number of rotatable bonds is 6. The Hall–Kier alpha value is -3.63. The Balaban J connectivity index is 1.45. The molecule has 2 aromatic carbocycles. The largest absolute Gasteiger partial charge is 0.497 e. The van der Waals surface area contributed by atoms with Crippen molar-refractivity contribution in [2.75, 3.05) is 31.6 Å². The summed E-state index contributed by atoms with van der Waals surface area (Å²) >= 11 is 0. The van der Waals surface area contributed by atoms with E-state index in [1.54, 1.807) is 7.11 Å². The smallest absolute Gasteiger partial charge is 0.228 e. The van der Waals surface area contributed by atoms with E-state index in [0.29, 0.717) is 23.7 Å². The average molecular weight is 456 g/mol. The van der Waals surface area contributed by atoms with Gasteiger partial charge in [0.05, 0.1) is 30.0 Å². The number of nitriles is 1. The molecule has 2 aliphatic rings. The maximum absolute atomic E-state index is 9.24. The zero-order valence-corrected chi connectivity index (χ0v) is 19.5. The second kappa shape index (κ2) is 10.1. The summed E-state index contributed by atoms with van der Waals surface area (Å²) in [6.45, 7) is 4.34. The highest BCUT2D eigenvalue weighted by molar-refractivity contribution is 5.45. The highest BCUT2D eigenvalue weighted by atomic mass is 16.5. The number of ether oxygens (including phenoxy) is 2. The van der Waals surface area contributed by atoms with Crippen LogP contribution in [-0.2, 0) is 19.5 Å². The van der Waals surface area contributed by atoms with Gasteiger partial charge in [-0.15, -0.1) is 0 Å². The van der Waals surface area contributed by atoms with Crippen LogP contribution in [0.1, 0.15) is 41.6 Å². The standard InChI is InChI=1S/C27H29N5O2/c1-33-22-9-6-10-23(16-22)34-26-24-19-31(18-21-8-5-7-20(15-21)17-28)14-11-25(24)29-27(30-26)32-12-3-2-4-13-32/h5-10,15-16H,2-4,11-14,18-19H2,1H3. The minimum atomic E-state index is 0.620. The second-order valence-corrected chi connectivity index (χ2v) is 8.86. The lowest BCUT2D eigenvalue weighted by Crippen LogP contribution is -2.34. The van der Waals surface area contributed by atoms with Crippen LogP contribution in [0.2, 0.25) is 0 Å². The molecule has 0 saturated carbocycles. The predicted molar refractivity (Wildman–Crippen MR) is 130 cm³/mol. The van der Waals surface area contributed by atoms with Gasteiger partial charge in [0.1, 0.15) is 11.5 Å². The van der Waals surface area contributed by atoms with Crippen LogP contribution in [0.3, 0.4) is 0 Å². The normalized spacial score (nSPS) is 15.9. The summed E-state index contributed by atoms with van der Waals surface area (Å²) in [6, 6.07) is 17.7. The van der Waals surface area contributed by atoms with E-state index >= 15 is 0 Å². The number of aromatic nitrogens is 2. The molecule has 1 fully saturated rings. The van der Waals surface area contributed by atoms with E-state index < -0.39 is 0 Å². The maximum atomic E-state index is 9.24. The predicted octanol–water partition coefficient (Wildman–Crippen LogP) is 4.70. The molecule has 3 heterocycles. The second-order valence-electron chi connectivity index (χ2n) is 8.86. The van der Waals surface area contributed by atoms with Crippen LogP contribution in [0.4, 0.5) is 5.95 Å². The van der Waals surface area contributed by atoms with Gasteiger partial charge in [-0.1, -0.05) is 18.2 Å². The van der Waals surface area contributed by atoms with Gasteiger partial charge >= 0.3 is 0 Å². The summed E-state index contributed by atoms with van der Waals surface area (Å²) < 4.78 is 11.7. The Morgan fingerprint density at radius 3 is 2.62 bits per heavy atom. The van der Waals surface area contributed by atoms with E-state index in [-0.39, 0.29) is 0 Å². The van der Waals surface area contributed by atoms with Gasteiger partial charge in [-0.25, -0.2) is 4.98 Å². The van der Waals surface area contributed by atoms with Gasteiger partial charge in [-0.3, -0.25) is 4.90 Å². The van der Waals surface area contributed by atoms with Gasteiger partial charge in [-0.05, 0) is 49.1 Å². The van der Waals surface area contributed by atoms with Crippen LogP contribution in [0.15, 0.2) is 48.5 Å². The zero-order valence-electron chi connectivity index (χ0n) is 19.5. The fraction of sp³-hybridized carbons (Fsp3) is 0.370. The van der Waals surface area contributed by atoms with Crippen molar-refractivity contribution in [1.82, 2.24) is 14.9 Å². The van der Waals surface area contributed by atoms with Crippen molar-refractivity contribution in [2.45, 2.75) is 38.8 Å². The number of methoxy groups -OCH3 is 1. The lowest BCUT2D eigenvalue weighted by Gasteiger charge is -2.32. The number of anilines is 1. The lowest BCUT2D eigenvalue weighted by atomic mass is 10.0. The van der Waals surface area contributed by atoms with Gasteiger partial charge in [0.2, 0.25) is 11.8 Å². The van der Waals surface area contributed by atoms with Crippen LogP contribution in [0, 0.1) is 11.3 Å². The molecule has 0 bridgehead atoms. The number of fused-ring (bicyclic) bond motifs is 1. The minimum absolute atomic E-state index is 0.620. The van der Waals surface area contributed by atoms with Gasteiger partial charge in [0.15, 0.2) is 0 Å². The summed E-state index contributed by atoms with van der Waals surface area (Å²) in [5.41, 5.74) is 3.91. The van der Waals surface area contributed by atoms with Crippen molar-refractivity contribution in [3.05, 3.63) is 70.9 Å². The van der Waals surface area contributed by atoms with E-state index in [2.05, 4.69) is 21.9 Å². The number of benzene rings is 2. The topological polar surface area (TPSA) is 74.5 Å².